The van der Waals surface area contributed by atoms with Gasteiger partial charge >= 0.3 is 0 Å². The Bertz CT molecular complexity index is 511. The standard InChI is InChI=1S/C11H15ClN4OS/c1-4-5-7(12)10-13-11(17-15-10)9-8(6(2)3)14-16-18-9/h6-7H,4-5H2,1-3H3. The first kappa shape index (κ1) is 13.4. The zero-order valence-electron chi connectivity index (χ0n) is 10.6. The van der Waals surface area contributed by atoms with E-state index in [-0.39, 0.29) is 11.3 Å². The van der Waals surface area contributed by atoms with E-state index in [1.165, 1.54) is 11.5 Å². The monoisotopic (exact) mass is 286 g/mol. The molecule has 0 aromatic carbocycles. The van der Waals surface area contributed by atoms with Crippen molar-refractivity contribution in [2.45, 2.75) is 44.9 Å². The zero-order chi connectivity index (χ0) is 13.1. The third-order valence-electron chi connectivity index (χ3n) is 2.52. The Morgan fingerprint density at radius 3 is 2.83 bits per heavy atom. The second-order valence-corrected chi connectivity index (χ2v) is 5.64. The van der Waals surface area contributed by atoms with Crippen LogP contribution in [0.25, 0.3) is 10.8 Å². The van der Waals surface area contributed by atoms with Crippen LogP contribution in [0.2, 0.25) is 0 Å². The summed E-state index contributed by atoms with van der Waals surface area (Å²) in [5.41, 5.74) is 0.886. The molecule has 5 nitrogen and oxygen atoms in total. The van der Waals surface area contributed by atoms with E-state index in [1.54, 1.807) is 0 Å². The van der Waals surface area contributed by atoms with Crippen LogP contribution in [0.15, 0.2) is 4.52 Å². The number of hydrogen-bond acceptors (Lipinski definition) is 6. The number of halogens is 1. The van der Waals surface area contributed by atoms with E-state index in [1.807, 2.05) is 0 Å². The third kappa shape index (κ3) is 2.70. The van der Waals surface area contributed by atoms with Crippen LogP contribution in [0.5, 0.6) is 0 Å². The van der Waals surface area contributed by atoms with E-state index in [0.717, 1.165) is 23.4 Å². The van der Waals surface area contributed by atoms with Gasteiger partial charge in [0.05, 0.1) is 11.1 Å². The van der Waals surface area contributed by atoms with E-state index >= 15 is 0 Å². The van der Waals surface area contributed by atoms with E-state index in [4.69, 9.17) is 16.1 Å². The third-order valence-corrected chi connectivity index (χ3v) is 3.66. The Labute approximate surface area is 115 Å². The van der Waals surface area contributed by atoms with Gasteiger partial charge < -0.3 is 4.52 Å². The molecule has 2 rings (SSSR count). The van der Waals surface area contributed by atoms with Crippen LogP contribution >= 0.6 is 23.1 Å². The predicted molar refractivity (Wildman–Crippen MR) is 70.8 cm³/mol. The Kier molecular flexibility index (Phi) is 4.29. The fraction of sp³-hybridized carbons (Fsp3) is 0.636. The van der Waals surface area contributed by atoms with Gasteiger partial charge in [0.25, 0.3) is 5.89 Å². The van der Waals surface area contributed by atoms with Crippen LogP contribution < -0.4 is 0 Å². The van der Waals surface area contributed by atoms with E-state index < -0.39 is 0 Å². The minimum absolute atomic E-state index is 0.198. The van der Waals surface area contributed by atoms with Crippen molar-refractivity contribution >= 4 is 23.1 Å². The normalized spacial score (nSPS) is 13.2. The topological polar surface area (TPSA) is 64.7 Å². The summed E-state index contributed by atoms with van der Waals surface area (Å²) in [6.07, 6.45) is 1.82. The molecule has 0 aliphatic heterocycles. The molecule has 0 bridgehead atoms. The lowest BCUT2D eigenvalue weighted by Crippen LogP contribution is -1.93. The summed E-state index contributed by atoms with van der Waals surface area (Å²) in [5, 5.41) is 7.82. The predicted octanol–water partition coefficient (Wildman–Crippen LogP) is 3.79. The summed E-state index contributed by atoms with van der Waals surface area (Å²) in [6, 6.07) is 0. The highest BCUT2D eigenvalue weighted by molar-refractivity contribution is 7.09. The maximum absolute atomic E-state index is 6.17. The lowest BCUT2D eigenvalue weighted by Gasteiger charge is -2.00. The summed E-state index contributed by atoms with van der Waals surface area (Å²) in [4.78, 5) is 5.17. The van der Waals surface area contributed by atoms with Gasteiger partial charge in [0.2, 0.25) is 0 Å². The van der Waals surface area contributed by atoms with Crippen LogP contribution in [0.3, 0.4) is 0 Å². The number of rotatable bonds is 5. The Morgan fingerprint density at radius 2 is 2.17 bits per heavy atom. The van der Waals surface area contributed by atoms with Crippen molar-refractivity contribution in [1.29, 1.82) is 0 Å². The highest BCUT2D eigenvalue weighted by Crippen LogP contribution is 2.31. The molecule has 2 aromatic heterocycles. The van der Waals surface area contributed by atoms with Crippen LogP contribution in [-0.2, 0) is 0 Å². The van der Waals surface area contributed by atoms with E-state index in [9.17, 15) is 0 Å². The molecule has 2 aromatic rings. The van der Waals surface area contributed by atoms with Crippen molar-refractivity contribution in [2.75, 3.05) is 0 Å². The molecule has 1 atom stereocenters. The Balaban J connectivity index is 2.26. The van der Waals surface area contributed by atoms with Gasteiger partial charge in [0.1, 0.15) is 4.88 Å². The van der Waals surface area contributed by atoms with Crippen molar-refractivity contribution < 1.29 is 4.52 Å². The maximum atomic E-state index is 6.17. The van der Waals surface area contributed by atoms with E-state index in [2.05, 4.69) is 40.5 Å². The van der Waals surface area contributed by atoms with Crippen molar-refractivity contribution in [3.8, 4) is 10.8 Å². The van der Waals surface area contributed by atoms with Gasteiger partial charge in [0.15, 0.2) is 5.82 Å². The van der Waals surface area contributed by atoms with Crippen LogP contribution in [-0.4, -0.2) is 19.7 Å². The Hall–Kier alpha value is -1.01. The van der Waals surface area contributed by atoms with Gasteiger partial charge in [-0.1, -0.05) is 36.8 Å². The molecule has 1 unspecified atom stereocenters. The fourth-order valence-corrected chi connectivity index (χ4v) is 2.61. The molecule has 0 radical (unpaired) electrons. The highest BCUT2D eigenvalue weighted by atomic mass is 35.5. The fourth-order valence-electron chi connectivity index (χ4n) is 1.56. The second-order valence-electron chi connectivity index (χ2n) is 4.36. The summed E-state index contributed by atoms with van der Waals surface area (Å²) < 4.78 is 9.19. The lowest BCUT2D eigenvalue weighted by molar-refractivity contribution is 0.420. The van der Waals surface area contributed by atoms with Crippen molar-refractivity contribution in [3.63, 3.8) is 0 Å². The number of alkyl halides is 1. The molecular weight excluding hydrogens is 272 g/mol. The number of hydrogen-bond donors (Lipinski definition) is 0. The van der Waals surface area contributed by atoms with Gasteiger partial charge in [-0.05, 0) is 23.9 Å². The smallest absolute Gasteiger partial charge is 0.271 e. The molecule has 2 heterocycles. The average molecular weight is 287 g/mol. The van der Waals surface area contributed by atoms with Crippen LogP contribution in [0, 0.1) is 0 Å². The van der Waals surface area contributed by atoms with Crippen LogP contribution in [0.4, 0.5) is 0 Å². The zero-order valence-corrected chi connectivity index (χ0v) is 12.1. The average Bonchev–Trinajstić information content (AvgIpc) is 2.98. The minimum Gasteiger partial charge on any atom is -0.333 e. The van der Waals surface area contributed by atoms with Crippen molar-refractivity contribution in [3.05, 3.63) is 11.5 Å². The quantitative estimate of drug-likeness (QED) is 0.782. The van der Waals surface area contributed by atoms with Crippen molar-refractivity contribution in [1.82, 2.24) is 19.7 Å². The number of nitrogens with zero attached hydrogens (tertiary/aromatic N) is 4. The molecule has 98 valence electrons. The summed E-state index contributed by atoms with van der Waals surface area (Å²) >= 11 is 7.44. The molecule has 0 aliphatic rings. The number of aromatic nitrogens is 4. The molecule has 7 heteroatoms. The van der Waals surface area contributed by atoms with Crippen molar-refractivity contribution in [2.24, 2.45) is 0 Å². The highest BCUT2D eigenvalue weighted by Gasteiger charge is 2.21. The van der Waals surface area contributed by atoms with E-state index in [0.29, 0.717) is 11.7 Å². The van der Waals surface area contributed by atoms with Gasteiger partial charge in [0, 0.05) is 0 Å². The first-order valence-corrected chi connectivity index (χ1v) is 7.14. The van der Waals surface area contributed by atoms with Crippen LogP contribution in [0.1, 0.15) is 56.4 Å². The molecule has 0 amide bonds. The first-order valence-electron chi connectivity index (χ1n) is 5.93. The molecule has 0 saturated heterocycles. The molecular formula is C11H15ClN4OS. The molecule has 0 aliphatic carbocycles. The summed E-state index contributed by atoms with van der Waals surface area (Å²) in [5.74, 6) is 1.28. The summed E-state index contributed by atoms with van der Waals surface area (Å²) in [6.45, 7) is 6.18. The maximum Gasteiger partial charge on any atom is 0.271 e. The minimum atomic E-state index is -0.198. The lowest BCUT2D eigenvalue weighted by atomic mass is 10.1. The van der Waals surface area contributed by atoms with Gasteiger partial charge in [-0.15, -0.1) is 16.7 Å². The molecule has 0 spiro atoms. The molecule has 18 heavy (non-hydrogen) atoms. The molecule has 0 fully saturated rings. The van der Waals surface area contributed by atoms with Gasteiger partial charge in [-0.3, -0.25) is 0 Å². The molecule has 0 saturated carbocycles. The Morgan fingerprint density at radius 1 is 1.39 bits per heavy atom. The first-order chi connectivity index (χ1) is 8.63. The van der Waals surface area contributed by atoms with Gasteiger partial charge in [-0.2, -0.15) is 4.98 Å². The largest absolute Gasteiger partial charge is 0.333 e. The van der Waals surface area contributed by atoms with Gasteiger partial charge in [-0.25, -0.2) is 0 Å². The molecule has 0 N–H and O–H groups in total. The summed E-state index contributed by atoms with van der Waals surface area (Å²) in [7, 11) is 0. The second kappa shape index (κ2) is 5.75. The SMILES string of the molecule is CCCC(Cl)c1noc(-c2snnc2C(C)C)n1.